The van der Waals surface area contributed by atoms with Crippen LogP contribution in [0, 0.1) is 11.3 Å². The molecule has 4 heteroatoms. The van der Waals surface area contributed by atoms with Gasteiger partial charge in [0, 0.05) is 5.54 Å². The predicted octanol–water partition coefficient (Wildman–Crippen LogP) is 7.15. The van der Waals surface area contributed by atoms with Crippen molar-refractivity contribution in [3.05, 3.63) is 36.6 Å². The van der Waals surface area contributed by atoms with Crippen molar-refractivity contribution < 1.29 is 9.53 Å². The summed E-state index contributed by atoms with van der Waals surface area (Å²) in [5, 5.41) is 3.39. The summed E-state index contributed by atoms with van der Waals surface area (Å²) in [5.41, 5.74) is 0.550. The molecule has 2 unspecified atom stereocenters. The van der Waals surface area contributed by atoms with Crippen LogP contribution in [0.3, 0.4) is 0 Å². The van der Waals surface area contributed by atoms with Crippen molar-refractivity contribution in [2.45, 2.75) is 115 Å². The van der Waals surface area contributed by atoms with Gasteiger partial charge in [0.1, 0.15) is 13.0 Å². The predicted molar refractivity (Wildman–Crippen MR) is 136 cm³/mol. The summed E-state index contributed by atoms with van der Waals surface area (Å²) < 4.78 is 5.69. The zero-order chi connectivity index (χ0) is 22.9. The average Bonchev–Trinajstić information content (AvgIpc) is 2.83. The molecule has 0 aromatic carbocycles. The Morgan fingerprint density at radius 3 is 2.34 bits per heavy atom. The Balaban J connectivity index is 1.52. The zero-order valence-electron chi connectivity index (χ0n) is 20.7. The number of hydrogen-bond acceptors (Lipinski definition) is 2. The Morgan fingerprint density at radius 1 is 1.03 bits per heavy atom. The van der Waals surface area contributed by atoms with E-state index in [1.807, 2.05) is 25.2 Å². The highest BCUT2D eigenvalue weighted by Gasteiger charge is 2.51. The van der Waals surface area contributed by atoms with Gasteiger partial charge in [-0.3, -0.25) is 4.79 Å². The minimum absolute atomic E-state index is 0.00743. The Bertz CT molecular complexity index is 658. The first-order valence-electron chi connectivity index (χ1n) is 13.2. The van der Waals surface area contributed by atoms with Gasteiger partial charge in [0.15, 0.2) is 6.61 Å². The summed E-state index contributed by atoms with van der Waals surface area (Å²) in [6, 6.07) is 0. The van der Waals surface area contributed by atoms with Crippen molar-refractivity contribution in [1.29, 1.82) is 0 Å². The minimum Gasteiger partial charge on any atom is -0.484 e. The maximum absolute atomic E-state index is 12.7. The molecule has 0 heterocycles. The lowest BCUT2D eigenvalue weighted by Gasteiger charge is -2.57. The van der Waals surface area contributed by atoms with Gasteiger partial charge in [-0.1, -0.05) is 69.9 Å². The highest BCUT2D eigenvalue weighted by atomic mass is 16.5. The lowest BCUT2D eigenvalue weighted by Crippen LogP contribution is -2.58. The molecule has 1 radical (unpaired) electrons. The third-order valence-corrected chi connectivity index (χ3v) is 8.85. The van der Waals surface area contributed by atoms with Crippen LogP contribution in [0.2, 0.25) is 12.6 Å². The quantitative estimate of drug-likeness (QED) is 0.248. The molecule has 4 saturated carbocycles. The Labute approximate surface area is 197 Å². The fourth-order valence-electron chi connectivity index (χ4n) is 6.72. The number of allylic oxidation sites excluding steroid dienone is 4. The molecule has 3 nitrogen and oxygen atoms in total. The van der Waals surface area contributed by atoms with E-state index in [0.29, 0.717) is 11.2 Å². The van der Waals surface area contributed by atoms with Gasteiger partial charge in [-0.15, -0.1) is 0 Å². The molecule has 1 N–H and O–H groups in total. The van der Waals surface area contributed by atoms with Crippen molar-refractivity contribution in [1.82, 2.24) is 5.32 Å². The van der Waals surface area contributed by atoms with Crippen LogP contribution >= 0.6 is 0 Å². The topological polar surface area (TPSA) is 38.3 Å². The van der Waals surface area contributed by atoms with Gasteiger partial charge in [-0.2, -0.15) is 0 Å². The lowest BCUT2D eigenvalue weighted by atomic mass is 9.51. The molecule has 0 aliphatic heterocycles. The van der Waals surface area contributed by atoms with Crippen LogP contribution in [-0.4, -0.2) is 25.3 Å². The number of amides is 1. The van der Waals surface area contributed by atoms with Crippen LogP contribution in [0.25, 0.3) is 0 Å². The van der Waals surface area contributed by atoms with Crippen molar-refractivity contribution in [3.63, 3.8) is 0 Å². The average molecular weight is 438 g/mol. The molecule has 4 fully saturated rings. The van der Waals surface area contributed by atoms with Gasteiger partial charge in [-0.25, -0.2) is 0 Å². The molecule has 0 spiro atoms. The fraction of sp³-hybridized carbons (Fsp3) is 0.750. The normalized spacial score (nSPS) is 34.1. The van der Waals surface area contributed by atoms with Gasteiger partial charge in [0.05, 0.1) is 0 Å². The maximum atomic E-state index is 12.7. The second-order valence-electron chi connectivity index (χ2n) is 10.6. The molecule has 32 heavy (non-hydrogen) atoms. The van der Waals surface area contributed by atoms with Crippen LogP contribution in [0.5, 0.6) is 0 Å². The molecule has 0 aromatic heterocycles. The third kappa shape index (κ3) is 6.55. The van der Waals surface area contributed by atoms with Crippen molar-refractivity contribution in [2.24, 2.45) is 11.3 Å². The van der Waals surface area contributed by atoms with Crippen LogP contribution in [0.15, 0.2) is 36.6 Å². The van der Waals surface area contributed by atoms with E-state index in [0.717, 1.165) is 31.0 Å². The maximum Gasteiger partial charge on any atom is 0.258 e. The molecular formula is C28H45BNO2. The van der Waals surface area contributed by atoms with E-state index in [-0.39, 0.29) is 18.1 Å². The standard InChI is InChI=1S/C28H45BNO2/c1-4-6-15-25(5-2)32-22-26(31)30-28-19-16-27(17-20-28,18-21-28)23-11-8-7-9-13-24(29-3)14-10-12-23/h4-6,15,23-24H,1,7-14,16-22H2,2-3H3,(H,30,31)/b15-6-,25-5+. The third-order valence-electron chi connectivity index (χ3n) is 8.85. The Morgan fingerprint density at radius 2 is 1.69 bits per heavy atom. The summed E-state index contributed by atoms with van der Waals surface area (Å²) >= 11 is 0. The zero-order valence-corrected chi connectivity index (χ0v) is 20.7. The monoisotopic (exact) mass is 438 g/mol. The van der Waals surface area contributed by atoms with Crippen molar-refractivity contribution >= 4 is 13.2 Å². The fourth-order valence-corrected chi connectivity index (χ4v) is 6.72. The van der Waals surface area contributed by atoms with Gasteiger partial charge in [0.2, 0.25) is 0 Å². The van der Waals surface area contributed by atoms with E-state index >= 15 is 0 Å². The second kappa shape index (κ2) is 12.1. The molecule has 2 atom stereocenters. The summed E-state index contributed by atoms with van der Waals surface area (Å²) in [4.78, 5) is 12.7. The highest BCUT2D eigenvalue weighted by Crippen LogP contribution is 2.58. The SMILES string of the molecule is C=C/C=C\C(=C/C)OCC(=O)NC12CCC(C3CCCCCC([B]C)CCC3)(CC1)CC2. The number of rotatable bonds is 8. The number of hydrogen-bond donors (Lipinski definition) is 1. The second-order valence-corrected chi connectivity index (χ2v) is 10.6. The van der Waals surface area contributed by atoms with Gasteiger partial charge in [0.25, 0.3) is 5.91 Å². The van der Waals surface area contributed by atoms with Crippen LogP contribution in [0.4, 0.5) is 0 Å². The molecular weight excluding hydrogens is 393 g/mol. The molecule has 4 rings (SSSR count). The summed E-state index contributed by atoms with van der Waals surface area (Å²) in [6.07, 6.45) is 25.8. The number of fused-ring (bicyclic) bond motifs is 3. The van der Waals surface area contributed by atoms with E-state index in [9.17, 15) is 4.79 Å². The molecule has 0 saturated heterocycles. The Hall–Kier alpha value is -1.45. The molecule has 0 aromatic rings. The Kier molecular flexibility index (Phi) is 9.55. The van der Waals surface area contributed by atoms with E-state index < -0.39 is 0 Å². The van der Waals surface area contributed by atoms with Gasteiger partial charge < -0.3 is 10.1 Å². The smallest absolute Gasteiger partial charge is 0.258 e. The number of carbonyl (C=O) groups excluding carboxylic acids is 1. The van der Waals surface area contributed by atoms with Gasteiger partial charge >= 0.3 is 0 Å². The largest absolute Gasteiger partial charge is 0.484 e. The van der Waals surface area contributed by atoms with E-state index in [1.165, 1.54) is 70.6 Å². The van der Waals surface area contributed by atoms with Gasteiger partial charge in [-0.05, 0) is 81.8 Å². The van der Waals surface area contributed by atoms with Crippen LogP contribution in [0.1, 0.15) is 96.8 Å². The first-order valence-corrected chi connectivity index (χ1v) is 13.2. The molecule has 2 bridgehead atoms. The summed E-state index contributed by atoms with van der Waals surface area (Å²) in [6.45, 7) is 7.94. The number of nitrogens with one attached hydrogen (secondary N) is 1. The van der Waals surface area contributed by atoms with Crippen LogP contribution in [-0.2, 0) is 9.53 Å². The first kappa shape index (κ1) is 25.2. The van der Waals surface area contributed by atoms with Crippen LogP contribution < -0.4 is 5.32 Å². The molecule has 4 aliphatic carbocycles. The lowest BCUT2D eigenvalue weighted by molar-refractivity contribution is -0.129. The summed E-state index contributed by atoms with van der Waals surface area (Å²) in [7, 11) is 2.45. The summed E-state index contributed by atoms with van der Waals surface area (Å²) in [5.74, 6) is 2.46. The molecule has 1 amide bonds. The highest BCUT2D eigenvalue weighted by molar-refractivity contribution is 6.35. The number of carbonyl (C=O) groups is 1. The van der Waals surface area contributed by atoms with E-state index in [2.05, 4.69) is 26.0 Å². The van der Waals surface area contributed by atoms with E-state index in [4.69, 9.17) is 4.74 Å². The van der Waals surface area contributed by atoms with Crippen molar-refractivity contribution in [2.75, 3.05) is 6.61 Å². The number of ether oxygens (including phenoxy) is 1. The first-order chi connectivity index (χ1) is 15.5. The minimum atomic E-state index is 0.00743. The molecule has 177 valence electrons. The molecule has 4 aliphatic rings. The van der Waals surface area contributed by atoms with Crippen molar-refractivity contribution in [3.8, 4) is 0 Å². The van der Waals surface area contributed by atoms with E-state index in [1.54, 1.807) is 6.08 Å².